The van der Waals surface area contributed by atoms with Crippen LogP contribution in [0.15, 0.2) is 60.2 Å². The van der Waals surface area contributed by atoms with Crippen molar-refractivity contribution in [1.29, 1.82) is 0 Å². The first kappa shape index (κ1) is 23.2. The smallest absolute Gasteiger partial charge is 0.318 e. The average molecular weight is 456 g/mol. The number of aryl methyl sites for hydroxylation is 2. The molecule has 1 saturated heterocycles. The van der Waals surface area contributed by atoms with Gasteiger partial charge in [-0.2, -0.15) is 0 Å². The van der Waals surface area contributed by atoms with Crippen molar-refractivity contribution in [2.45, 2.75) is 47.0 Å². The fourth-order valence-electron chi connectivity index (χ4n) is 4.26. The van der Waals surface area contributed by atoms with Gasteiger partial charge in [0.15, 0.2) is 0 Å². The van der Waals surface area contributed by atoms with Crippen LogP contribution < -0.4 is 10.2 Å². The lowest BCUT2D eigenvalue weighted by atomic mass is 9.98. The zero-order valence-electron chi connectivity index (χ0n) is 20.2. The van der Waals surface area contributed by atoms with Crippen LogP contribution in [0.2, 0.25) is 0 Å². The van der Waals surface area contributed by atoms with Crippen molar-refractivity contribution in [2.24, 2.45) is 0 Å². The lowest BCUT2D eigenvalue weighted by molar-refractivity contribution is -0.122. The molecule has 0 aliphatic carbocycles. The Balaban J connectivity index is 1.70. The topological polar surface area (TPSA) is 71.4 Å². The molecule has 0 spiro atoms. The van der Waals surface area contributed by atoms with Gasteiger partial charge < -0.3 is 4.57 Å². The van der Waals surface area contributed by atoms with Crippen LogP contribution >= 0.6 is 0 Å². The van der Waals surface area contributed by atoms with Crippen LogP contribution in [0.5, 0.6) is 0 Å². The molecule has 6 heteroatoms. The minimum Gasteiger partial charge on any atom is -0.318 e. The molecule has 174 valence electrons. The number of benzene rings is 2. The quantitative estimate of drug-likeness (QED) is 0.403. The van der Waals surface area contributed by atoms with E-state index in [4.69, 9.17) is 0 Å². The molecule has 1 aromatic heterocycles. The number of imide groups is 2. The Morgan fingerprint density at radius 2 is 1.53 bits per heavy atom. The molecule has 34 heavy (non-hydrogen) atoms. The molecule has 1 unspecified atom stereocenters. The first-order chi connectivity index (χ1) is 16.2. The molecule has 1 atom stereocenters. The molecule has 0 bridgehead atoms. The molecule has 3 aromatic rings. The summed E-state index contributed by atoms with van der Waals surface area (Å²) in [6, 6.07) is 16.7. The number of carbonyl (C=O) groups excluding carboxylic acids is 3. The summed E-state index contributed by atoms with van der Waals surface area (Å²) in [6.07, 6.45) is 2.56. The van der Waals surface area contributed by atoms with E-state index < -0.39 is 17.8 Å². The molecule has 4 amide bonds. The number of hydrogen-bond acceptors (Lipinski definition) is 3. The number of aromatic nitrogens is 1. The van der Waals surface area contributed by atoms with E-state index in [-0.39, 0.29) is 5.57 Å². The minimum atomic E-state index is -0.742. The monoisotopic (exact) mass is 455 g/mol. The van der Waals surface area contributed by atoms with Crippen LogP contribution in [0.3, 0.4) is 0 Å². The fraction of sp³-hybridized carbons (Fsp3) is 0.250. The van der Waals surface area contributed by atoms with Crippen LogP contribution in [0.25, 0.3) is 11.8 Å². The summed E-state index contributed by atoms with van der Waals surface area (Å²) in [7, 11) is 0. The van der Waals surface area contributed by atoms with E-state index in [1.54, 1.807) is 18.2 Å². The van der Waals surface area contributed by atoms with Crippen LogP contribution in [0.4, 0.5) is 10.5 Å². The highest BCUT2D eigenvalue weighted by Crippen LogP contribution is 2.27. The van der Waals surface area contributed by atoms with Crippen molar-refractivity contribution in [2.75, 3.05) is 4.90 Å². The summed E-state index contributed by atoms with van der Waals surface area (Å²) >= 11 is 0. The van der Waals surface area contributed by atoms with E-state index >= 15 is 0 Å². The number of rotatable bonds is 5. The van der Waals surface area contributed by atoms with Gasteiger partial charge in [-0.25, -0.2) is 9.69 Å². The molecule has 1 fully saturated rings. The van der Waals surface area contributed by atoms with E-state index in [1.165, 1.54) is 5.56 Å². The van der Waals surface area contributed by atoms with Crippen molar-refractivity contribution >= 4 is 29.6 Å². The number of barbiturate groups is 1. The summed E-state index contributed by atoms with van der Waals surface area (Å²) in [5.74, 6) is -0.950. The second-order valence-corrected chi connectivity index (χ2v) is 8.86. The van der Waals surface area contributed by atoms with Gasteiger partial charge in [0.1, 0.15) is 5.57 Å². The minimum absolute atomic E-state index is 0.0743. The van der Waals surface area contributed by atoms with Gasteiger partial charge in [-0.15, -0.1) is 0 Å². The van der Waals surface area contributed by atoms with Gasteiger partial charge in [0.25, 0.3) is 11.8 Å². The van der Waals surface area contributed by atoms with Crippen LogP contribution in [0.1, 0.15) is 54.3 Å². The first-order valence-electron chi connectivity index (χ1n) is 11.5. The fourth-order valence-corrected chi connectivity index (χ4v) is 4.26. The van der Waals surface area contributed by atoms with Crippen molar-refractivity contribution in [3.8, 4) is 5.69 Å². The molecule has 1 aliphatic rings. The zero-order valence-corrected chi connectivity index (χ0v) is 20.2. The van der Waals surface area contributed by atoms with Gasteiger partial charge in [0.2, 0.25) is 0 Å². The third-order valence-electron chi connectivity index (χ3n) is 6.50. The normalized spacial score (nSPS) is 16.2. The maximum Gasteiger partial charge on any atom is 0.335 e. The SMILES string of the molecule is CCC(C)c1ccc(N2C(=O)NC(=O)/C(=C/c3cc(C)n(-c4ccc(C)cc4)c3C)C2=O)cc1. The van der Waals surface area contributed by atoms with Gasteiger partial charge in [-0.3, -0.25) is 14.9 Å². The number of anilines is 1. The lowest BCUT2D eigenvalue weighted by Gasteiger charge is -2.26. The van der Waals surface area contributed by atoms with E-state index in [2.05, 4.69) is 23.7 Å². The molecular weight excluding hydrogens is 426 g/mol. The highest BCUT2D eigenvalue weighted by atomic mass is 16.2. The summed E-state index contributed by atoms with van der Waals surface area (Å²) in [5.41, 5.74) is 6.28. The average Bonchev–Trinajstić information content (AvgIpc) is 3.09. The molecule has 0 saturated carbocycles. The van der Waals surface area contributed by atoms with Crippen molar-refractivity contribution in [3.05, 3.63) is 88.2 Å². The Morgan fingerprint density at radius 3 is 2.15 bits per heavy atom. The van der Waals surface area contributed by atoms with E-state index in [0.717, 1.165) is 39.5 Å². The van der Waals surface area contributed by atoms with Gasteiger partial charge in [-0.1, -0.05) is 43.7 Å². The molecule has 1 aliphatic heterocycles. The summed E-state index contributed by atoms with van der Waals surface area (Å²) in [5, 5.41) is 2.31. The third kappa shape index (κ3) is 4.19. The largest absolute Gasteiger partial charge is 0.335 e. The summed E-state index contributed by atoms with van der Waals surface area (Å²) in [6.45, 7) is 10.2. The Kier molecular flexibility index (Phi) is 6.24. The predicted molar refractivity (Wildman–Crippen MR) is 134 cm³/mol. The summed E-state index contributed by atoms with van der Waals surface area (Å²) in [4.78, 5) is 39.5. The number of nitrogens with zero attached hydrogens (tertiary/aromatic N) is 2. The van der Waals surface area contributed by atoms with E-state index in [1.807, 2.05) is 63.2 Å². The molecule has 4 rings (SSSR count). The summed E-state index contributed by atoms with van der Waals surface area (Å²) < 4.78 is 2.08. The molecular formula is C28H29N3O3. The molecule has 0 radical (unpaired) electrons. The van der Waals surface area contributed by atoms with Gasteiger partial charge >= 0.3 is 6.03 Å². The Labute approximate surface area is 199 Å². The van der Waals surface area contributed by atoms with Crippen molar-refractivity contribution in [1.82, 2.24) is 9.88 Å². The Morgan fingerprint density at radius 1 is 0.912 bits per heavy atom. The number of carbonyl (C=O) groups is 3. The molecule has 6 nitrogen and oxygen atoms in total. The Hall–Kier alpha value is -3.93. The van der Waals surface area contributed by atoms with Crippen LogP contribution in [-0.4, -0.2) is 22.4 Å². The highest BCUT2D eigenvalue weighted by molar-refractivity contribution is 6.39. The number of nitrogens with one attached hydrogen (secondary N) is 1. The second-order valence-electron chi connectivity index (χ2n) is 8.86. The standard InChI is InChI=1S/C28H29N3O3/c1-6-18(3)21-9-13-24(14-10-21)31-27(33)25(26(32)29-28(31)34)16-22-15-19(4)30(20(22)5)23-11-7-17(2)8-12-23/h7-16,18H,6H2,1-5H3,(H,29,32,34)/b25-16-. The number of amides is 4. The highest BCUT2D eigenvalue weighted by Gasteiger charge is 2.37. The van der Waals surface area contributed by atoms with Gasteiger partial charge in [0.05, 0.1) is 5.69 Å². The lowest BCUT2D eigenvalue weighted by Crippen LogP contribution is -2.54. The number of urea groups is 1. The van der Waals surface area contributed by atoms with Crippen LogP contribution in [0, 0.1) is 20.8 Å². The second kappa shape index (κ2) is 9.14. The molecule has 2 heterocycles. The predicted octanol–water partition coefficient (Wildman–Crippen LogP) is 5.58. The maximum atomic E-state index is 13.3. The van der Waals surface area contributed by atoms with E-state index in [0.29, 0.717) is 11.6 Å². The maximum absolute atomic E-state index is 13.3. The molecule has 2 aromatic carbocycles. The number of hydrogen-bond donors (Lipinski definition) is 1. The first-order valence-corrected chi connectivity index (χ1v) is 11.5. The van der Waals surface area contributed by atoms with Gasteiger partial charge in [0, 0.05) is 17.1 Å². The van der Waals surface area contributed by atoms with Crippen LogP contribution in [-0.2, 0) is 9.59 Å². The zero-order chi connectivity index (χ0) is 24.6. The molecule has 1 N–H and O–H groups in total. The van der Waals surface area contributed by atoms with E-state index in [9.17, 15) is 14.4 Å². The van der Waals surface area contributed by atoms with Crippen molar-refractivity contribution < 1.29 is 14.4 Å². The Bertz CT molecular complexity index is 1300. The van der Waals surface area contributed by atoms with Gasteiger partial charge in [-0.05, 0) is 80.6 Å². The van der Waals surface area contributed by atoms with Crippen molar-refractivity contribution in [3.63, 3.8) is 0 Å². The third-order valence-corrected chi connectivity index (χ3v) is 6.50.